The fourth-order valence-electron chi connectivity index (χ4n) is 0.153. The van der Waals surface area contributed by atoms with Crippen molar-refractivity contribution in [2.45, 2.75) is 13.3 Å². The summed E-state index contributed by atoms with van der Waals surface area (Å²) in [4.78, 5) is 0. The highest BCUT2D eigenvalue weighted by Gasteiger charge is 1.61. The SMILES string of the molecule is C=COCC.N#CCC#N. The maximum absolute atomic E-state index is 7.59. The van der Waals surface area contributed by atoms with Gasteiger partial charge in [0.1, 0.15) is 6.42 Å². The van der Waals surface area contributed by atoms with Crippen molar-refractivity contribution in [3.8, 4) is 12.1 Å². The van der Waals surface area contributed by atoms with Gasteiger partial charge in [-0.1, -0.05) is 6.58 Å². The monoisotopic (exact) mass is 138 g/mol. The molecule has 3 nitrogen and oxygen atoms in total. The first-order valence-electron chi connectivity index (χ1n) is 2.79. The van der Waals surface area contributed by atoms with Gasteiger partial charge in [-0.25, -0.2) is 0 Å². The van der Waals surface area contributed by atoms with E-state index in [4.69, 9.17) is 10.5 Å². The fraction of sp³-hybridized carbons (Fsp3) is 0.429. The van der Waals surface area contributed by atoms with Crippen LogP contribution in [0.1, 0.15) is 13.3 Å². The molecule has 0 unspecified atom stereocenters. The molecule has 0 aromatic rings. The third kappa shape index (κ3) is 31.3. The van der Waals surface area contributed by atoms with Crippen molar-refractivity contribution in [2.24, 2.45) is 0 Å². The molecule has 0 atom stereocenters. The largest absolute Gasteiger partial charge is 0.502 e. The molecule has 0 saturated carbocycles. The van der Waals surface area contributed by atoms with Crippen molar-refractivity contribution in [2.75, 3.05) is 6.61 Å². The second-order valence-corrected chi connectivity index (χ2v) is 1.12. The van der Waals surface area contributed by atoms with E-state index in [2.05, 4.69) is 11.3 Å². The van der Waals surface area contributed by atoms with Crippen LogP contribution in [0.3, 0.4) is 0 Å². The van der Waals surface area contributed by atoms with Crippen LogP contribution in [0, 0.1) is 22.7 Å². The lowest BCUT2D eigenvalue weighted by molar-refractivity contribution is 0.270. The highest BCUT2D eigenvalue weighted by molar-refractivity contribution is 4.85. The minimum absolute atomic E-state index is 0. The molecule has 0 aromatic heterocycles. The van der Waals surface area contributed by atoms with E-state index in [1.54, 1.807) is 12.1 Å². The number of hydrogen-bond acceptors (Lipinski definition) is 3. The van der Waals surface area contributed by atoms with Crippen LogP contribution in [0.2, 0.25) is 0 Å². The van der Waals surface area contributed by atoms with Gasteiger partial charge in [-0.05, 0) is 6.92 Å². The van der Waals surface area contributed by atoms with Crippen molar-refractivity contribution in [1.29, 1.82) is 10.5 Å². The first-order chi connectivity index (χ1) is 4.83. The number of ether oxygens (including phenoxy) is 1. The van der Waals surface area contributed by atoms with Crippen molar-refractivity contribution in [3.05, 3.63) is 12.8 Å². The summed E-state index contributed by atoms with van der Waals surface area (Å²) in [5.74, 6) is 0. The first kappa shape index (κ1) is 11.3. The summed E-state index contributed by atoms with van der Waals surface area (Å²) in [6.07, 6.45) is 1.43. The summed E-state index contributed by atoms with van der Waals surface area (Å²) < 4.78 is 4.60. The average molecular weight is 138 g/mol. The van der Waals surface area contributed by atoms with Gasteiger partial charge in [0.05, 0.1) is 25.0 Å². The molecule has 0 aliphatic rings. The van der Waals surface area contributed by atoms with Crippen molar-refractivity contribution < 1.29 is 4.74 Å². The molecule has 0 N–H and O–H groups in total. The predicted molar refractivity (Wildman–Crippen MR) is 37.7 cm³/mol. The molecule has 0 bridgehead atoms. The summed E-state index contributed by atoms with van der Waals surface area (Å²) in [5.41, 5.74) is 0. The molecule has 0 rings (SSSR count). The number of nitriles is 2. The molecule has 3 heteroatoms. The van der Waals surface area contributed by atoms with Gasteiger partial charge in [0.2, 0.25) is 0 Å². The first-order valence-corrected chi connectivity index (χ1v) is 2.79. The minimum atomic E-state index is 0. The summed E-state index contributed by atoms with van der Waals surface area (Å²) in [5, 5.41) is 15.2. The average Bonchev–Trinajstić information content (AvgIpc) is 1.93. The van der Waals surface area contributed by atoms with Gasteiger partial charge in [-0.3, -0.25) is 0 Å². The minimum Gasteiger partial charge on any atom is -0.502 e. The molecule has 0 fully saturated rings. The number of hydrogen-bond donors (Lipinski definition) is 0. The summed E-state index contributed by atoms with van der Waals surface area (Å²) in [7, 11) is 0. The Bertz CT molecular complexity index is 129. The lowest BCUT2D eigenvalue weighted by atomic mass is 10.5. The smallest absolute Gasteiger partial charge is 0.122 e. The van der Waals surface area contributed by atoms with Gasteiger partial charge in [-0.15, -0.1) is 0 Å². The number of nitrogens with zero attached hydrogens (tertiary/aromatic N) is 2. The van der Waals surface area contributed by atoms with E-state index < -0.39 is 0 Å². The van der Waals surface area contributed by atoms with Gasteiger partial charge in [0.15, 0.2) is 0 Å². The Morgan fingerprint density at radius 1 is 1.50 bits per heavy atom. The van der Waals surface area contributed by atoms with Crippen LogP contribution in [0.4, 0.5) is 0 Å². The van der Waals surface area contributed by atoms with E-state index in [1.165, 1.54) is 6.26 Å². The molecule has 0 spiro atoms. The van der Waals surface area contributed by atoms with Crippen molar-refractivity contribution >= 4 is 0 Å². The second-order valence-electron chi connectivity index (χ2n) is 1.12. The van der Waals surface area contributed by atoms with Crippen LogP contribution in [-0.4, -0.2) is 6.61 Å². The maximum Gasteiger partial charge on any atom is 0.122 e. The number of rotatable bonds is 2. The van der Waals surface area contributed by atoms with Crippen LogP contribution >= 0.6 is 0 Å². The van der Waals surface area contributed by atoms with E-state index in [1.807, 2.05) is 6.92 Å². The highest BCUT2D eigenvalue weighted by Crippen LogP contribution is 1.65. The summed E-state index contributed by atoms with van der Waals surface area (Å²) >= 11 is 0. The Kier molecular flexibility index (Phi) is 17.7. The Labute approximate surface area is 61.1 Å². The van der Waals surface area contributed by atoms with E-state index in [9.17, 15) is 0 Å². The van der Waals surface area contributed by atoms with Crippen LogP contribution in [0.5, 0.6) is 0 Å². The molecule has 0 aromatic carbocycles. The predicted octanol–water partition coefficient (Wildman–Crippen LogP) is 1.59. The summed E-state index contributed by atoms with van der Waals surface area (Å²) in [6, 6.07) is 3.31. The Balaban J connectivity index is 0. The Hall–Kier alpha value is -1.48. The van der Waals surface area contributed by atoms with Crippen molar-refractivity contribution in [3.63, 3.8) is 0 Å². The molecular formula is C7H10N2O. The van der Waals surface area contributed by atoms with E-state index in [0.717, 1.165) is 6.61 Å². The normalized spacial score (nSPS) is 5.50. The lowest BCUT2D eigenvalue weighted by Crippen LogP contribution is -1.72. The zero-order chi connectivity index (χ0) is 8.24. The van der Waals surface area contributed by atoms with Crippen molar-refractivity contribution in [1.82, 2.24) is 0 Å². The molecule has 0 radical (unpaired) electrons. The molecule has 0 amide bonds. The molecule has 54 valence electrons. The molecular weight excluding hydrogens is 128 g/mol. The van der Waals surface area contributed by atoms with Crippen LogP contribution in [-0.2, 0) is 4.74 Å². The lowest BCUT2D eigenvalue weighted by Gasteiger charge is -1.84. The fourth-order valence-corrected chi connectivity index (χ4v) is 0.153. The maximum atomic E-state index is 7.59. The van der Waals surface area contributed by atoms with Crippen LogP contribution < -0.4 is 0 Å². The standard InChI is InChI=1S/C4H8O.C3H2N2/c1-3-5-4-2;4-2-1-3-5/h3H,1,4H2,2H3;1H2. The van der Waals surface area contributed by atoms with E-state index in [0.29, 0.717) is 0 Å². The van der Waals surface area contributed by atoms with Gasteiger partial charge in [0.25, 0.3) is 0 Å². The van der Waals surface area contributed by atoms with Gasteiger partial charge < -0.3 is 4.74 Å². The van der Waals surface area contributed by atoms with Gasteiger partial charge >= 0.3 is 0 Å². The van der Waals surface area contributed by atoms with Gasteiger partial charge in [0, 0.05) is 0 Å². The highest BCUT2D eigenvalue weighted by atomic mass is 16.5. The van der Waals surface area contributed by atoms with E-state index in [-0.39, 0.29) is 6.42 Å². The molecule has 0 aliphatic carbocycles. The summed E-state index contributed by atoms with van der Waals surface area (Å²) in [6.45, 7) is 5.97. The molecule has 0 saturated heterocycles. The van der Waals surface area contributed by atoms with Crippen LogP contribution in [0.25, 0.3) is 0 Å². The van der Waals surface area contributed by atoms with E-state index >= 15 is 0 Å². The second kappa shape index (κ2) is 15.6. The van der Waals surface area contributed by atoms with Crippen LogP contribution in [0.15, 0.2) is 12.8 Å². The van der Waals surface area contributed by atoms with Gasteiger partial charge in [-0.2, -0.15) is 10.5 Å². The zero-order valence-corrected chi connectivity index (χ0v) is 6.00. The topological polar surface area (TPSA) is 56.8 Å². The Morgan fingerprint density at radius 3 is 2.00 bits per heavy atom. The quantitative estimate of drug-likeness (QED) is 0.544. The molecule has 0 heterocycles. The third-order valence-electron chi connectivity index (χ3n) is 0.443. The molecule has 10 heavy (non-hydrogen) atoms. The zero-order valence-electron chi connectivity index (χ0n) is 6.00. The third-order valence-corrected chi connectivity index (χ3v) is 0.443. The Morgan fingerprint density at radius 2 is 2.00 bits per heavy atom. The molecule has 0 aliphatic heterocycles.